The van der Waals surface area contributed by atoms with E-state index in [2.05, 4.69) is 21.6 Å². The van der Waals surface area contributed by atoms with Gasteiger partial charge in [0.1, 0.15) is 5.75 Å². The molecular weight excluding hydrogens is 354 g/mol. The van der Waals surface area contributed by atoms with Crippen molar-refractivity contribution in [1.29, 1.82) is 0 Å². The fourth-order valence-corrected chi connectivity index (χ4v) is 3.91. The van der Waals surface area contributed by atoms with E-state index in [1.54, 1.807) is 35.2 Å². The van der Waals surface area contributed by atoms with Crippen molar-refractivity contribution in [1.82, 2.24) is 10.4 Å². The summed E-state index contributed by atoms with van der Waals surface area (Å²) in [5.74, 6) is 1.04. The minimum absolute atomic E-state index is 0.0637. The Kier molecular flexibility index (Phi) is 6.03. The lowest BCUT2D eigenvalue weighted by Crippen LogP contribution is -2.25. The molecule has 5 nitrogen and oxygen atoms in total. The number of nitrogens with one attached hydrogen (secondary N) is 1. The standard InChI is InChI=1S/C18H17N3O2S2/c1-13(12-24-18-19-15-9-5-6-10-16(15)25-18)20-21-17(22)11-23-14-7-3-2-4-8-14/h2-10H,11-12H2,1H3,(H,21,22)/b20-13+. The van der Waals surface area contributed by atoms with Crippen LogP contribution in [-0.2, 0) is 4.79 Å². The Balaban J connectivity index is 1.44. The van der Waals surface area contributed by atoms with Crippen LogP contribution in [0.25, 0.3) is 10.2 Å². The van der Waals surface area contributed by atoms with Crippen LogP contribution in [-0.4, -0.2) is 29.0 Å². The van der Waals surface area contributed by atoms with Crippen LogP contribution in [0.1, 0.15) is 6.92 Å². The monoisotopic (exact) mass is 371 g/mol. The number of hydrazone groups is 1. The SMILES string of the molecule is C/C(CSc1nc2ccccc2s1)=N\NC(=O)COc1ccccc1. The smallest absolute Gasteiger partial charge is 0.277 e. The van der Waals surface area contributed by atoms with Crippen molar-refractivity contribution in [2.24, 2.45) is 5.10 Å². The number of thioether (sulfide) groups is 1. The summed E-state index contributed by atoms with van der Waals surface area (Å²) in [5, 5.41) is 4.10. The van der Waals surface area contributed by atoms with Gasteiger partial charge in [0, 0.05) is 11.5 Å². The number of hydrogen-bond acceptors (Lipinski definition) is 6. The Bertz CT molecular complexity index is 845. The first-order valence-electron chi connectivity index (χ1n) is 7.69. The van der Waals surface area contributed by atoms with Gasteiger partial charge in [0.05, 0.1) is 10.2 Å². The number of aromatic nitrogens is 1. The third-order valence-corrected chi connectivity index (χ3v) is 5.50. The largest absolute Gasteiger partial charge is 0.484 e. The zero-order valence-electron chi connectivity index (χ0n) is 13.6. The highest BCUT2D eigenvalue weighted by Crippen LogP contribution is 2.29. The third-order valence-electron chi connectivity index (χ3n) is 3.16. The Morgan fingerprint density at radius 1 is 1.20 bits per heavy atom. The Hall–Kier alpha value is -2.38. The van der Waals surface area contributed by atoms with Crippen molar-refractivity contribution >= 4 is 44.9 Å². The number of benzene rings is 2. The summed E-state index contributed by atoms with van der Waals surface area (Å²) in [6, 6.07) is 17.3. The fraction of sp³-hybridized carbons (Fsp3) is 0.167. The molecule has 0 bridgehead atoms. The lowest BCUT2D eigenvalue weighted by Gasteiger charge is -2.05. The van der Waals surface area contributed by atoms with Gasteiger partial charge in [-0.3, -0.25) is 4.79 Å². The average molecular weight is 371 g/mol. The highest BCUT2D eigenvalue weighted by atomic mass is 32.2. The van der Waals surface area contributed by atoms with Gasteiger partial charge < -0.3 is 4.74 Å². The van der Waals surface area contributed by atoms with E-state index in [0.717, 1.165) is 15.6 Å². The fourth-order valence-electron chi connectivity index (χ4n) is 1.97. The molecule has 0 spiro atoms. The maximum Gasteiger partial charge on any atom is 0.277 e. The summed E-state index contributed by atoms with van der Waals surface area (Å²) in [4.78, 5) is 16.3. The molecule has 1 heterocycles. The third kappa shape index (κ3) is 5.30. The lowest BCUT2D eigenvalue weighted by molar-refractivity contribution is -0.123. The van der Waals surface area contributed by atoms with Crippen LogP contribution in [0.5, 0.6) is 5.75 Å². The first-order chi connectivity index (χ1) is 12.2. The summed E-state index contributed by atoms with van der Waals surface area (Å²) >= 11 is 3.27. The van der Waals surface area contributed by atoms with Crippen molar-refractivity contribution in [3.8, 4) is 5.75 Å². The van der Waals surface area contributed by atoms with E-state index in [1.165, 1.54) is 4.70 Å². The highest BCUT2D eigenvalue weighted by Gasteiger charge is 2.05. The molecule has 0 atom stereocenters. The number of hydrogen-bond donors (Lipinski definition) is 1. The molecule has 0 aliphatic carbocycles. The molecule has 0 unspecified atom stereocenters. The van der Waals surface area contributed by atoms with Gasteiger partial charge >= 0.3 is 0 Å². The zero-order valence-corrected chi connectivity index (χ0v) is 15.3. The molecule has 1 aromatic heterocycles. The molecule has 25 heavy (non-hydrogen) atoms. The van der Waals surface area contributed by atoms with E-state index in [4.69, 9.17) is 4.74 Å². The number of para-hydroxylation sites is 2. The lowest BCUT2D eigenvalue weighted by atomic mass is 10.3. The second-order valence-electron chi connectivity index (χ2n) is 5.22. The number of rotatable bonds is 7. The maximum atomic E-state index is 11.8. The van der Waals surface area contributed by atoms with Gasteiger partial charge in [0.25, 0.3) is 5.91 Å². The van der Waals surface area contributed by atoms with Crippen LogP contribution >= 0.6 is 23.1 Å². The van der Waals surface area contributed by atoms with Crippen molar-refractivity contribution in [2.45, 2.75) is 11.3 Å². The van der Waals surface area contributed by atoms with Crippen LogP contribution in [0, 0.1) is 0 Å². The normalized spacial score (nSPS) is 11.5. The number of thiazole rings is 1. The molecule has 0 aliphatic heterocycles. The van der Waals surface area contributed by atoms with Gasteiger partial charge in [-0.1, -0.05) is 42.1 Å². The molecule has 0 saturated heterocycles. The Morgan fingerprint density at radius 3 is 2.76 bits per heavy atom. The minimum Gasteiger partial charge on any atom is -0.484 e. The molecule has 0 aliphatic rings. The van der Waals surface area contributed by atoms with Gasteiger partial charge in [-0.25, -0.2) is 10.4 Å². The molecule has 7 heteroatoms. The minimum atomic E-state index is -0.284. The van der Waals surface area contributed by atoms with Crippen LogP contribution < -0.4 is 10.2 Å². The van der Waals surface area contributed by atoms with Gasteiger partial charge in [-0.2, -0.15) is 5.10 Å². The number of ether oxygens (including phenoxy) is 1. The van der Waals surface area contributed by atoms with Gasteiger partial charge in [0.15, 0.2) is 10.9 Å². The second kappa shape index (κ2) is 8.64. The molecule has 1 amide bonds. The molecule has 1 N–H and O–H groups in total. The molecule has 3 aromatic rings. The van der Waals surface area contributed by atoms with Crippen molar-refractivity contribution in [3.63, 3.8) is 0 Å². The summed E-state index contributed by atoms with van der Waals surface area (Å²) in [6.45, 7) is 1.81. The quantitative estimate of drug-likeness (QED) is 0.388. The van der Waals surface area contributed by atoms with Crippen LogP contribution in [0.4, 0.5) is 0 Å². The van der Waals surface area contributed by atoms with Crippen LogP contribution in [0.3, 0.4) is 0 Å². The van der Waals surface area contributed by atoms with Crippen molar-refractivity contribution in [3.05, 3.63) is 54.6 Å². The van der Waals surface area contributed by atoms with Gasteiger partial charge in [-0.15, -0.1) is 11.3 Å². The zero-order chi connectivity index (χ0) is 17.5. The number of nitrogens with zero attached hydrogens (tertiary/aromatic N) is 2. The topological polar surface area (TPSA) is 63.6 Å². The first-order valence-corrected chi connectivity index (χ1v) is 9.49. The van der Waals surface area contributed by atoms with Crippen molar-refractivity contribution in [2.75, 3.05) is 12.4 Å². The van der Waals surface area contributed by atoms with Crippen LogP contribution in [0.2, 0.25) is 0 Å². The average Bonchev–Trinajstić information content (AvgIpc) is 3.07. The summed E-state index contributed by atoms with van der Waals surface area (Å²) in [5.41, 5.74) is 4.34. The van der Waals surface area contributed by atoms with E-state index in [9.17, 15) is 4.79 Å². The molecule has 0 radical (unpaired) electrons. The summed E-state index contributed by atoms with van der Waals surface area (Å²) in [7, 11) is 0. The van der Waals surface area contributed by atoms with E-state index >= 15 is 0 Å². The molecule has 128 valence electrons. The summed E-state index contributed by atoms with van der Waals surface area (Å²) in [6.07, 6.45) is 0. The predicted molar refractivity (Wildman–Crippen MR) is 104 cm³/mol. The molecule has 3 rings (SSSR count). The molecule has 2 aromatic carbocycles. The van der Waals surface area contributed by atoms with Gasteiger partial charge in [0.2, 0.25) is 0 Å². The second-order valence-corrected chi connectivity index (χ2v) is 7.47. The predicted octanol–water partition coefficient (Wildman–Crippen LogP) is 3.96. The number of carbonyl (C=O) groups excluding carboxylic acids is 1. The first kappa shape index (κ1) is 17.4. The van der Waals surface area contributed by atoms with Gasteiger partial charge in [-0.05, 0) is 31.2 Å². The Morgan fingerprint density at radius 2 is 1.96 bits per heavy atom. The van der Waals surface area contributed by atoms with E-state index in [-0.39, 0.29) is 12.5 Å². The van der Waals surface area contributed by atoms with Crippen molar-refractivity contribution < 1.29 is 9.53 Å². The molecular formula is C18H17N3O2S2. The van der Waals surface area contributed by atoms with E-state index < -0.39 is 0 Å². The van der Waals surface area contributed by atoms with E-state index in [0.29, 0.717) is 11.5 Å². The highest BCUT2D eigenvalue weighted by molar-refractivity contribution is 8.01. The Labute approximate surface area is 154 Å². The molecule has 0 saturated carbocycles. The number of fused-ring (bicyclic) bond motifs is 1. The molecule has 0 fully saturated rings. The maximum absolute atomic E-state index is 11.8. The number of carbonyl (C=O) groups is 1. The summed E-state index contributed by atoms with van der Waals surface area (Å²) < 4.78 is 7.54. The van der Waals surface area contributed by atoms with E-state index in [1.807, 2.05) is 43.3 Å². The number of amides is 1. The van der Waals surface area contributed by atoms with Crippen LogP contribution in [0.15, 0.2) is 64.0 Å².